The molecule has 1 aromatic heterocycles. The van der Waals surface area contributed by atoms with Crippen LogP contribution in [0.1, 0.15) is 17.5 Å². The van der Waals surface area contributed by atoms with Gasteiger partial charge in [-0.05, 0) is 37.1 Å². The summed E-state index contributed by atoms with van der Waals surface area (Å²) in [7, 11) is 0. The van der Waals surface area contributed by atoms with Crippen LogP contribution in [0, 0.1) is 6.92 Å². The largest absolute Gasteiger partial charge is 0.315 e. The summed E-state index contributed by atoms with van der Waals surface area (Å²) < 4.78 is 0. The normalized spacial score (nSPS) is 24.6. The molecule has 0 bridgehead atoms. The van der Waals surface area contributed by atoms with Crippen LogP contribution in [-0.2, 0) is 6.54 Å². The molecule has 20 heavy (non-hydrogen) atoms. The van der Waals surface area contributed by atoms with E-state index in [2.05, 4.69) is 33.1 Å². The first-order valence-corrected chi connectivity index (χ1v) is 7.39. The molecule has 1 N–H and O–H groups in total. The Hall–Kier alpha value is -0.680. The van der Waals surface area contributed by atoms with Crippen molar-refractivity contribution in [1.82, 2.24) is 20.1 Å². The van der Waals surface area contributed by atoms with Crippen LogP contribution < -0.4 is 5.32 Å². The molecule has 2 fully saturated rings. The Kier molecular flexibility index (Phi) is 5.78. The van der Waals surface area contributed by atoms with E-state index in [4.69, 9.17) is 0 Å². The number of rotatable bonds is 3. The average molecular weight is 297 g/mol. The second-order valence-electron chi connectivity index (χ2n) is 5.76. The lowest BCUT2D eigenvalue weighted by molar-refractivity contribution is 0.0979. The van der Waals surface area contributed by atoms with Crippen LogP contribution in [0.25, 0.3) is 0 Å². The average Bonchev–Trinajstić information content (AvgIpc) is 2.96. The second-order valence-corrected chi connectivity index (χ2v) is 5.76. The lowest BCUT2D eigenvalue weighted by Gasteiger charge is -2.37. The van der Waals surface area contributed by atoms with Gasteiger partial charge in [0.05, 0.1) is 0 Å². The lowest BCUT2D eigenvalue weighted by atomic mass is 10.1. The van der Waals surface area contributed by atoms with Gasteiger partial charge < -0.3 is 5.32 Å². The molecule has 1 unspecified atom stereocenters. The number of pyridine rings is 1. The van der Waals surface area contributed by atoms with E-state index in [9.17, 15) is 0 Å². The lowest BCUT2D eigenvalue weighted by Crippen LogP contribution is -2.50. The zero-order valence-corrected chi connectivity index (χ0v) is 13.0. The summed E-state index contributed by atoms with van der Waals surface area (Å²) >= 11 is 0. The predicted molar refractivity (Wildman–Crippen MR) is 84.3 cm³/mol. The maximum absolute atomic E-state index is 4.24. The number of aromatic nitrogens is 1. The highest BCUT2D eigenvalue weighted by Gasteiger charge is 2.25. The van der Waals surface area contributed by atoms with Crippen molar-refractivity contribution in [2.75, 3.05) is 39.3 Å². The number of piperazine rings is 1. The minimum absolute atomic E-state index is 0. The molecule has 1 atom stereocenters. The van der Waals surface area contributed by atoms with Crippen molar-refractivity contribution in [3.8, 4) is 0 Å². The van der Waals surface area contributed by atoms with Gasteiger partial charge in [-0.15, -0.1) is 12.4 Å². The van der Waals surface area contributed by atoms with Crippen molar-refractivity contribution in [3.05, 3.63) is 29.6 Å². The summed E-state index contributed by atoms with van der Waals surface area (Å²) in [5.74, 6) is 0. The Morgan fingerprint density at radius 1 is 1.30 bits per heavy atom. The predicted octanol–water partition coefficient (Wildman–Crippen LogP) is 1.29. The van der Waals surface area contributed by atoms with Crippen molar-refractivity contribution < 1.29 is 0 Å². The van der Waals surface area contributed by atoms with Gasteiger partial charge in [-0.3, -0.25) is 14.8 Å². The molecule has 3 rings (SSSR count). The quantitative estimate of drug-likeness (QED) is 0.911. The van der Waals surface area contributed by atoms with Gasteiger partial charge in [0.15, 0.2) is 0 Å². The van der Waals surface area contributed by atoms with Gasteiger partial charge in [-0.1, -0.05) is 0 Å². The standard InChI is InChI=1S/C15H24N4.ClH/c1-13-2-4-16-10-14(13)12-18-6-8-19(9-7-18)15-3-5-17-11-15;/h2,4,10,15,17H,3,5-9,11-12H2,1H3;1H. The monoisotopic (exact) mass is 296 g/mol. The molecule has 2 aliphatic heterocycles. The third kappa shape index (κ3) is 3.70. The van der Waals surface area contributed by atoms with Crippen molar-refractivity contribution in [1.29, 1.82) is 0 Å². The third-order valence-corrected chi connectivity index (χ3v) is 4.50. The number of aryl methyl sites for hydroxylation is 1. The first-order chi connectivity index (χ1) is 9.33. The summed E-state index contributed by atoms with van der Waals surface area (Å²) in [4.78, 5) is 9.46. The van der Waals surface area contributed by atoms with Crippen LogP contribution >= 0.6 is 12.4 Å². The molecule has 4 nitrogen and oxygen atoms in total. The molecule has 112 valence electrons. The number of nitrogens with zero attached hydrogens (tertiary/aromatic N) is 3. The molecule has 0 aromatic carbocycles. The summed E-state index contributed by atoms with van der Waals surface area (Å²) in [6.45, 7) is 10.4. The van der Waals surface area contributed by atoms with E-state index in [0.29, 0.717) is 0 Å². The third-order valence-electron chi connectivity index (χ3n) is 4.50. The van der Waals surface area contributed by atoms with E-state index in [-0.39, 0.29) is 12.4 Å². The van der Waals surface area contributed by atoms with Gasteiger partial charge in [0.25, 0.3) is 0 Å². The SMILES string of the molecule is Cc1ccncc1CN1CCN(C2CCNC2)CC1.Cl. The van der Waals surface area contributed by atoms with E-state index >= 15 is 0 Å². The van der Waals surface area contributed by atoms with Gasteiger partial charge >= 0.3 is 0 Å². The maximum atomic E-state index is 4.24. The first-order valence-electron chi connectivity index (χ1n) is 7.39. The fourth-order valence-corrected chi connectivity index (χ4v) is 3.14. The smallest absolute Gasteiger partial charge is 0.0315 e. The highest BCUT2D eigenvalue weighted by Crippen LogP contribution is 2.15. The second kappa shape index (κ2) is 7.36. The van der Waals surface area contributed by atoms with Crippen LogP contribution in [0.15, 0.2) is 18.5 Å². The number of nitrogens with one attached hydrogen (secondary N) is 1. The van der Waals surface area contributed by atoms with Gasteiger partial charge in [0, 0.05) is 57.7 Å². The van der Waals surface area contributed by atoms with Crippen LogP contribution in [0.2, 0.25) is 0 Å². The molecule has 5 heteroatoms. The highest BCUT2D eigenvalue weighted by atomic mass is 35.5. The summed E-state index contributed by atoms with van der Waals surface area (Å²) in [5, 5.41) is 3.46. The van der Waals surface area contributed by atoms with Crippen molar-refractivity contribution >= 4 is 12.4 Å². The first kappa shape index (κ1) is 15.7. The molecular formula is C15H25ClN4. The maximum Gasteiger partial charge on any atom is 0.0315 e. The Bertz CT molecular complexity index is 412. The van der Waals surface area contributed by atoms with Gasteiger partial charge in [-0.25, -0.2) is 0 Å². The van der Waals surface area contributed by atoms with Gasteiger partial charge in [0.1, 0.15) is 0 Å². The number of hydrogen-bond acceptors (Lipinski definition) is 4. The summed E-state index contributed by atoms with van der Waals surface area (Å²) in [5.41, 5.74) is 2.73. The zero-order valence-electron chi connectivity index (χ0n) is 12.2. The summed E-state index contributed by atoms with van der Waals surface area (Å²) in [6, 6.07) is 2.89. The van der Waals surface area contributed by atoms with Crippen LogP contribution in [0.5, 0.6) is 0 Å². The number of hydrogen-bond donors (Lipinski definition) is 1. The number of halogens is 1. The molecule has 0 radical (unpaired) electrons. The van der Waals surface area contributed by atoms with E-state index in [0.717, 1.165) is 12.6 Å². The topological polar surface area (TPSA) is 31.4 Å². The Labute approximate surface area is 128 Å². The Morgan fingerprint density at radius 3 is 2.75 bits per heavy atom. The minimum atomic E-state index is 0. The highest BCUT2D eigenvalue weighted by molar-refractivity contribution is 5.85. The molecule has 0 amide bonds. The molecule has 2 aliphatic rings. The fourth-order valence-electron chi connectivity index (χ4n) is 3.14. The molecule has 0 spiro atoms. The fraction of sp³-hybridized carbons (Fsp3) is 0.667. The van der Waals surface area contributed by atoms with Gasteiger partial charge in [-0.2, -0.15) is 0 Å². The Balaban J connectivity index is 0.00000147. The van der Waals surface area contributed by atoms with E-state index in [1.165, 1.54) is 56.8 Å². The summed E-state index contributed by atoms with van der Waals surface area (Å²) in [6.07, 6.45) is 5.22. The molecule has 1 aromatic rings. The van der Waals surface area contributed by atoms with Crippen molar-refractivity contribution in [3.63, 3.8) is 0 Å². The molecule has 2 saturated heterocycles. The molecule has 0 saturated carbocycles. The Morgan fingerprint density at radius 2 is 2.10 bits per heavy atom. The van der Waals surface area contributed by atoms with E-state index in [1.54, 1.807) is 0 Å². The zero-order chi connectivity index (χ0) is 13.1. The van der Waals surface area contributed by atoms with Gasteiger partial charge in [0.2, 0.25) is 0 Å². The molecule has 0 aliphatic carbocycles. The van der Waals surface area contributed by atoms with E-state index in [1.807, 2.05) is 12.4 Å². The van der Waals surface area contributed by atoms with Crippen LogP contribution in [0.4, 0.5) is 0 Å². The van der Waals surface area contributed by atoms with Crippen molar-refractivity contribution in [2.24, 2.45) is 0 Å². The molecular weight excluding hydrogens is 272 g/mol. The van der Waals surface area contributed by atoms with E-state index < -0.39 is 0 Å². The van der Waals surface area contributed by atoms with Crippen LogP contribution in [0.3, 0.4) is 0 Å². The minimum Gasteiger partial charge on any atom is -0.315 e. The molecule has 3 heterocycles. The van der Waals surface area contributed by atoms with Crippen molar-refractivity contribution in [2.45, 2.75) is 25.9 Å². The van der Waals surface area contributed by atoms with Crippen LogP contribution in [-0.4, -0.2) is 60.1 Å².